The van der Waals surface area contributed by atoms with Crippen molar-refractivity contribution in [1.29, 1.82) is 0 Å². The number of nitrogens with one attached hydrogen (secondary N) is 3. The summed E-state index contributed by atoms with van der Waals surface area (Å²) in [5.41, 5.74) is 9.23. The molecule has 6 amide bonds. The van der Waals surface area contributed by atoms with Gasteiger partial charge in [0.15, 0.2) is 0 Å². The molecule has 12 aromatic rings. The molecule has 0 saturated heterocycles. The maximum absolute atomic E-state index is 13.4. The van der Waals surface area contributed by atoms with Crippen LogP contribution in [0.4, 0.5) is 17.1 Å². The maximum Gasteiger partial charge on any atom is 0.249 e. The van der Waals surface area contributed by atoms with Gasteiger partial charge >= 0.3 is 0 Å². The molecule has 0 fully saturated rings. The minimum absolute atomic E-state index is 0.144. The normalized spacial score (nSPS) is 11.7. The van der Waals surface area contributed by atoms with Crippen molar-refractivity contribution in [2.24, 2.45) is 0 Å². The minimum atomic E-state index is -0.699. The van der Waals surface area contributed by atoms with Crippen LogP contribution in [0.15, 0.2) is 297 Å². The van der Waals surface area contributed by atoms with Gasteiger partial charge in [-0.3, -0.25) is 28.8 Å². The molecule has 0 radical (unpaired) electrons. The molecule has 98 heavy (non-hydrogen) atoms. The Labute approximate surface area is 578 Å². The lowest BCUT2D eigenvalue weighted by atomic mass is 10.0. The average molecular weight is 1320 g/mol. The van der Waals surface area contributed by atoms with Crippen LogP contribution in [0.1, 0.15) is 38.9 Å². The Morgan fingerprint density at radius 2 is 0.561 bits per heavy atom. The second kappa shape index (κ2) is 34.3. The third kappa shape index (κ3) is 19.1. The largest absolute Gasteiger partial charge is 0.344 e. The van der Waals surface area contributed by atoms with Crippen LogP contribution < -0.4 is 30.7 Å². The Morgan fingerprint density at radius 3 is 0.878 bits per heavy atom. The van der Waals surface area contributed by atoms with Gasteiger partial charge < -0.3 is 30.7 Å². The number of benzene rings is 12. The number of rotatable bonds is 21. The number of para-hydroxylation sites is 1. The zero-order valence-corrected chi connectivity index (χ0v) is 56.2. The van der Waals surface area contributed by atoms with E-state index in [0.717, 1.165) is 82.6 Å². The number of anilines is 3. The minimum Gasteiger partial charge on any atom is -0.344 e. The highest BCUT2D eigenvalue weighted by atomic mass is 35.5. The van der Waals surface area contributed by atoms with Gasteiger partial charge in [-0.15, -0.1) is 0 Å². The number of carbonyl (C=O) groups excluding carboxylic acids is 6. The van der Waals surface area contributed by atoms with Gasteiger partial charge in [0, 0.05) is 62.5 Å². The summed E-state index contributed by atoms with van der Waals surface area (Å²) in [5, 5.41) is 16.0. The van der Waals surface area contributed by atoms with Crippen LogP contribution >= 0.6 is 11.6 Å². The summed E-state index contributed by atoms with van der Waals surface area (Å²) in [6, 6.07) is 93.4. The Bertz CT molecular complexity index is 4440. The molecule has 0 aliphatic rings. The Hall–Kier alpha value is -11.5. The zero-order chi connectivity index (χ0) is 68.8. The van der Waals surface area contributed by atoms with E-state index in [1.807, 2.05) is 280 Å². The lowest BCUT2D eigenvalue weighted by Crippen LogP contribution is -2.49. The van der Waals surface area contributed by atoms with Gasteiger partial charge in [0.05, 0.1) is 19.3 Å². The smallest absolute Gasteiger partial charge is 0.249 e. The molecule has 0 heterocycles. The zero-order valence-electron chi connectivity index (χ0n) is 55.4. The standard InChI is InChI=1S/C29H28N2O2.C28H25ClN2O2.C28H26N2O2/c1-21-15-17-25(18-16-21)31(2)29(33)27(19-22-9-4-3-5-10-22)30-28(32)20-24-13-8-12-23-11-6-7-14-26(23)24;1-31(24-16-14-23(29)15-17-24)28(33)26(18-20-8-3-2-4-9-20)30-27(32)19-22-12-7-11-21-10-5-6-13-25(21)22;1-30(24-16-6-3-7-17-24)28(32)26(19-21-11-4-2-5-12-21)29-27(31)20-23-15-10-14-22-13-8-9-18-25(22)23/h3-18,27H,19-20H2,1-2H3,(H,30,32);2-17,26H,18-19H2,1H3,(H,30,32);2-18,26H,19-20H2,1H3,(H,29,31)/t27-;2*26-/m000/s1. The number of fused-ring (bicyclic) bond motifs is 3. The van der Waals surface area contributed by atoms with Crippen LogP contribution in [0.3, 0.4) is 0 Å². The third-order valence-corrected chi connectivity index (χ3v) is 17.5. The highest BCUT2D eigenvalue weighted by Gasteiger charge is 2.29. The topological polar surface area (TPSA) is 148 Å². The molecule has 0 aliphatic carbocycles. The summed E-state index contributed by atoms with van der Waals surface area (Å²) in [7, 11) is 5.20. The van der Waals surface area contributed by atoms with E-state index in [1.54, 1.807) is 60.1 Å². The first-order valence-corrected chi connectivity index (χ1v) is 33.1. The molecule has 12 nitrogen and oxygen atoms in total. The summed E-state index contributed by atoms with van der Waals surface area (Å²) in [6.07, 6.45) is 1.89. The SMILES string of the molecule is CN(C(=O)[C@H](Cc1ccccc1)NC(=O)Cc1cccc2ccccc12)c1ccc(Cl)cc1.CN(C(=O)[C@H](Cc1ccccc1)NC(=O)Cc1cccc2ccccc12)c1ccccc1.Cc1ccc(N(C)C(=O)[C@H](Cc2ccccc2)NC(=O)Cc2cccc3ccccc23)cc1. The van der Waals surface area contributed by atoms with Crippen molar-refractivity contribution in [1.82, 2.24) is 16.0 Å². The molecule has 13 heteroatoms. The van der Waals surface area contributed by atoms with E-state index in [-0.39, 0.29) is 54.7 Å². The molecule has 0 bridgehead atoms. The first-order valence-electron chi connectivity index (χ1n) is 32.7. The van der Waals surface area contributed by atoms with Gasteiger partial charge in [-0.1, -0.05) is 266 Å². The summed E-state index contributed by atoms with van der Waals surface area (Å²) in [4.78, 5) is 84.2. The average Bonchev–Trinajstić information content (AvgIpc) is 0.891. The molecular weight excluding hydrogens is 1240 g/mol. The van der Waals surface area contributed by atoms with E-state index in [0.29, 0.717) is 30.0 Å². The fraction of sp³-hybridized carbons (Fsp3) is 0.153. The Balaban J connectivity index is 0.000000159. The van der Waals surface area contributed by atoms with Crippen LogP contribution in [0, 0.1) is 6.92 Å². The molecule has 0 aliphatic heterocycles. The lowest BCUT2D eigenvalue weighted by Gasteiger charge is -2.25. The van der Waals surface area contributed by atoms with Gasteiger partial charge in [-0.2, -0.15) is 0 Å². The molecule has 0 unspecified atom stereocenters. The second-order valence-electron chi connectivity index (χ2n) is 24.2. The van der Waals surface area contributed by atoms with E-state index < -0.39 is 18.1 Å². The molecular formula is C85H79ClN6O6. The predicted octanol–water partition coefficient (Wildman–Crippen LogP) is 15.3. The van der Waals surface area contributed by atoms with Gasteiger partial charge in [-0.05, 0) is 121 Å². The molecule has 3 atom stereocenters. The Kier molecular flexibility index (Phi) is 24.3. The van der Waals surface area contributed by atoms with Crippen molar-refractivity contribution in [2.45, 2.75) is 63.6 Å². The highest BCUT2D eigenvalue weighted by molar-refractivity contribution is 6.30. The van der Waals surface area contributed by atoms with Crippen molar-refractivity contribution >= 4 is 96.4 Å². The third-order valence-electron chi connectivity index (χ3n) is 17.2. The first-order chi connectivity index (χ1) is 47.6. The number of hydrogen-bond donors (Lipinski definition) is 3. The highest BCUT2D eigenvalue weighted by Crippen LogP contribution is 2.25. The number of aryl methyl sites for hydroxylation is 1. The summed E-state index contributed by atoms with van der Waals surface area (Å²) in [5.74, 6) is -1.01. The van der Waals surface area contributed by atoms with Gasteiger partial charge in [0.2, 0.25) is 35.4 Å². The van der Waals surface area contributed by atoms with E-state index in [4.69, 9.17) is 11.6 Å². The molecule has 0 spiro atoms. The molecule has 3 N–H and O–H groups in total. The van der Waals surface area contributed by atoms with Gasteiger partial charge in [-0.25, -0.2) is 0 Å². The maximum atomic E-state index is 13.4. The number of nitrogens with zero attached hydrogens (tertiary/aromatic N) is 3. The molecule has 492 valence electrons. The van der Waals surface area contributed by atoms with Crippen molar-refractivity contribution in [3.8, 4) is 0 Å². The van der Waals surface area contributed by atoms with E-state index in [1.165, 1.54) is 0 Å². The molecule has 0 saturated carbocycles. The first kappa shape index (κ1) is 69.4. The van der Waals surface area contributed by atoms with Crippen LogP contribution in [-0.2, 0) is 67.3 Å². The van der Waals surface area contributed by atoms with E-state index in [9.17, 15) is 28.8 Å². The van der Waals surface area contributed by atoms with Crippen LogP contribution in [0.2, 0.25) is 5.02 Å². The summed E-state index contributed by atoms with van der Waals surface area (Å²) in [6.45, 7) is 2.01. The van der Waals surface area contributed by atoms with Crippen LogP contribution in [0.25, 0.3) is 32.3 Å². The van der Waals surface area contributed by atoms with Crippen molar-refractivity contribution in [3.63, 3.8) is 0 Å². The summed E-state index contributed by atoms with van der Waals surface area (Å²) < 4.78 is 0. The number of halogens is 1. The van der Waals surface area contributed by atoms with E-state index in [2.05, 4.69) is 16.0 Å². The molecule has 12 aromatic carbocycles. The van der Waals surface area contributed by atoms with Crippen molar-refractivity contribution in [3.05, 3.63) is 341 Å². The fourth-order valence-electron chi connectivity index (χ4n) is 11.9. The second-order valence-corrected chi connectivity index (χ2v) is 24.7. The Morgan fingerprint density at radius 1 is 0.306 bits per heavy atom. The number of likely N-dealkylation sites (N-methyl/N-ethyl adjacent to an activating group) is 3. The number of amides is 6. The molecule has 12 rings (SSSR count). The van der Waals surface area contributed by atoms with Crippen LogP contribution in [0.5, 0.6) is 0 Å². The number of hydrogen-bond acceptors (Lipinski definition) is 6. The lowest BCUT2D eigenvalue weighted by molar-refractivity contribution is -0.127. The monoisotopic (exact) mass is 1310 g/mol. The number of carbonyl (C=O) groups is 6. The van der Waals surface area contributed by atoms with Crippen molar-refractivity contribution in [2.75, 3.05) is 35.8 Å². The van der Waals surface area contributed by atoms with Crippen LogP contribution in [-0.4, -0.2) is 74.7 Å². The predicted molar refractivity (Wildman–Crippen MR) is 398 cm³/mol. The van der Waals surface area contributed by atoms with E-state index >= 15 is 0 Å². The van der Waals surface area contributed by atoms with Crippen molar-refractivity contribution < 1.29 is 28.8 Å². The quantitative estimate of drug-likeness (QED) is 0.0652. The molecule has 0 aromatic heterocycles. The van der Waals surface area contributed by atoms with Gasteiger partial charge in [0.25, 0.3) is 0 Å². The van der Waals surface area contributed by atoms with Gasteiger partial charge in [0.1, 0.15) is 18.1 Å². The summed E-state index contributed by atoms with van der Waals surface area (Å²) >= 11 is 5.99. The fourth-order valence-corrected chi connectivity index (χ4v) is 12.0.